The van der Waals surface area contributed by atoms with Gasteiger partial charge in [-0.15, -0.1) is 11.3 Å². The molecule has 0 saturated carbocycles. The maximum absolute atomic E-state index is 2.49. The van der Waals surface area contributed by atoms with E-state index in [9.17, 15) is 0 Å². The minimum atomic E-state index is -0.211. The van der Waals surface area contributed by atoms with Gasteiger partial charge in [-0.05, 0) is 114 Å². The highest BCUT2D eigenvalue weighted by Crippen LogP contribution is 2.55. The van der Waals surface area contributed by atoms with Crippen LogP contribution < -0.4 is 4.90 Å². The lowest BCUT2D eigenvalue weighted by molar-refractivity contribution is 0.660. The van der Waals surface area contributed by atoms with Crippen LogP contribution >= 0.6 is 11.3 Å². The monoisotopic (exact) mass is 821 g/mol. The van der Waals surface area contributed by atoms with Gasteiger partial charge >= 0.3 is 0 Å². The van der Waals surface area contributed by atoms with E-state index in [1.807, 2.05) is 11.3 Å². The molecule has 298 valence electrons. The van der Waals surface area contributed by atoms with Crippen molar-refractivity contribution in [1.29, 1.82) is 0 Å². The molecular formula is C61H43NS. The third kappa shape index (κ3) is 6.13. The fourth-order valence-corrected chi connectivity index (χ4v) is 11.5. The summed E-state index contributed by atoms with van der Waals surface area (Å²) in [7, 11) is 0. The summed E-state index contributed by atoms with van der Waals surface area (Å²) in [5.74, 6) is 0. The molecule has 10 aromatic carbocycles. The Balaban J connectivity index is 1.04. The van der Waals surface area contributed by atoms with E-state index in [0.29, 0.717) is 0 Å². The van der Waals surface area contributed by atoms with E-state index >= 15 is 0 Å². The zero-order valence-corrected chi connectivity index (χ0v) is 36.0. The predicted octanol–water partition coefficient (Wildman–Crippen LogP) is 17.7. The Bertz CT molecular complexity index is 3520. The number of fused-ring (bicyclic) bond motifs is 7. The van der Waals surface area contributed by atoms with Gasteiger partial charge in [0.15, 0.2) is 0 Å². The van der Waals surface area contributed by atoms with Crippen LogP contribution in [-0.4, -0.2) is 0 Å². The predicted molar refractivity (Wildman–Crippen MR) is 271 cm³/mol. The zero-order chi connectivity index (χ0) is 42.1. The number of hydrogen-bond acceptors (Lipinski definition) is 2. The molecule has 1 aliphatic carbocycles. The first-order valence-electron chi connectivity index (χ1n) is 21.8. The van der Waals surface area contributed by atoms with Gasteiger partial charge in [0.05, 0.1) is 10.4 Å². The molecule has 0 saturated heterocycles. The Morgan fingerprint density at radius 3 is 1.71 bits per heavy atom. The molecule has 1 aromatic heterocycles. The highest BCUT2D eigenvalue weighted by molar-refractivity contribution is 7.27. The van der Waals surface area contributed by atoms with Crippen molar-refractivity contribution in [1.82, 2.24) is 0 Å². The molecule has 0 atom stereocenters. The Hall–Kier alpha value is -7.52. The van der Waals surface area contributed by atoms with Crippen LogP contribution in [-0.2, 0) is 5.41 Å². The second kappa shape index (κ2) is 14.8. The van der Waals surface area contributed by atoms with E-state index in [0.717, 1.165) is 11.4 Å². The molecule has 12 rings (SSSR count). The van der Waals surface area contributed by atoms with Crippen molar-refractivity contribution in [2.45, 2.75) is 19.3 Å². The van der Waals surface area contributed by atoms with Gasteiger partial charge in [-0.3, -0.25) is 0 Å². The Morgan fingerprint density at radius 2 is 0.905 bits per heavy atom. The lowest BCUT2D eigenvalue weighted by Crippen LogP contribution is -2.16. The van der Waals surface area contributed by atoms with Gasteiger partial charge in [0.2, 0.25) is 0 Å². The topological polar surface area (TPSA) is 3.24 Å². The number of nitrogens with zero attached hydrogens (tertiary/aromatic N) is 1. The fraction of sp³-hybridized carbons (Fsp3) is 0.0492. The molecule has 0 amide bonds. The maximum Gasteiger partial charge on any atom is 0.0640 e. The van der Waals surface area contributed by atoms with Crippen LogP contribution in [0, 0.1) is 0 Å². The lowest BCUT2D eigenvalue weighted by Gasteiger charge is -2.28. The van der Waals surface area contributed by atoms with Crippen LogP contribution in [0.2, 0.25) is 0 Å². The summed E-state index contributed by atoms with van der Waals surface area (Å²) in [6.45, 7) is 4.79. The zero-order valence-electron chi connectivity index (χ0n) is 35.2. The van der Waals surface area contributed by atoms with E-state index < -0.39 is 0 Å². The van der Waals surface area contributed by atoms with Gasteiger partial charge in [0.25, 0.3) is 0 Å². The summed E-state index contributed by atoms with van der Waals surface area (Å²) in [4.78, 5) is 2.49. The molecule has 11 aromatic rings. The highest BCUT2D eigenvalue weighted by atomic mass is 32.1. The molecule has 0 N–H and O–H groups in total. The second-order valence-electron chi connectivity index (χ2n) is 17.2. The summed E-state index contributed by atoms with van der Waals surface area (Å²) >= 11 is 1.90. The van der Waals surface area contributed by atoms with Crippen LogP contribution in [0.4, 0.5) is 17.1 Å². The minimum Gasteiger partial charge on any atom is -0.309 e. The Labute approximate surface area is 372 Å². The molecule has 0 bridgehead atoms. The average Bonchev–Trinajstić information content (AvgIpc) is 3.84. The molecule has 63 heavy (non-hydrogen) atoms. The average molecular weight is 822 g/mol. The SMILES string of the molecule is CC1(C)c2cc(N(c3ccc(-c4ccccc4)cc3)c3cccc4c3sc3c(-c5cccc(-c6ccccc6)c5)cccc34)ccc2-c2c(-c3cccc4ccccc34)cccc21. The number of thiophene rings is 1. The molecule has 0 fully saturated rings. The van der Waals surface area contributed by atoms with Crippen molar-refractivity contribution in [2.75, 3.05) is 4.90 Å². The third-order valence-corrected chi connectivity index (χ3v) is 14.6. The van der Waals surface area contributed by atoms with Gasteiger partial charge in [0, 0.05) is 32.3 Å². The standard InChI is InChI=1S/C61H43NS/c1-61(2)55-30-14-27-51(50-26-12-21-43-20-9-10-24-48(43)50)58(55)54-37-36-47(39-56(54)61)62(46-34-32-42(33-35-46)40-16-5-3-6-17-40)57-31-15-29-53-52-28-13-25-49(59(52)63-60(53)57)45-23-11-22-44(38-45)41-18-7-4-8-19-41/h3-39H,1-2H3. The summed E-state index contributed by atoms with van der Waals surface area (Å²) in [5.41, 5.74) is 18.5. The van der Waals surface area contributed by atoms with Crippen molar-refractivity contribution in [3.05, 3.63) is 236 Å². The molecule has 0 unspecified atom stereocenters. The van der Waals surface area contributed by atoms with Crippen molar-refractivity contribution in [2.24, 2.45) is 0 Å². The quantitative estimate of drug-likeness (QED) is 0.155. The van der Waals surface area contributed by atoms with Gasteiger partial charge in [-0.25, -0.2) is 0 Å². The summed E-state index contributed by atoms with van der Waals surface area (Å²) in [6, 6.07) is 82.7. The minimum absolute atomic E-state index is 0.211. The van der Waals surface area contributed by atoms with E-state index in [1.165, 1.54) is 103 Å². The summed E-state index contributed by atoms with van der Waals surface area (Å²) < 4.78 is 2.57. The van der Waals surface area contributed by atoms with Gasteiger partial charge in [-0.2, -0.15) is 0 Å². The lowest BCUT2D eigenvalue weighted by atomic mass is 9.81. The molecule has 1 heterocycles. The first-order valence-corrected chi connectivity index (χ1v) is 22.7. The van der Waals surface area contributed by atoms with Crippen LogP contribution in [0.15, 0.2) is 224 Å². The second-order valence-corrected chi connectivity index (χ2v) is 18.3. The summed E-state index contributed by atoms with van der Waals surface area (Å²) in [5, 5.41) is 5.10. The number of anilines is 3. The molecule has 1 aliphatic rings. The maximum atomic E-state index is 2.49. The number of hydrogen-bond donors (Lipinski definition) is 0. The normalized spacial score (nSPS) is 12.7. The van der Waals surface area contributed by atoms with Crippen molar-refractivity contribution in [3.8, 4) is 55.6 Å². The van der Waals surface area contributed by atoms with Crippen LogP contribution in [0.25, 0.3) is 86.6 Å². The van der Waals surface area contributed by atoms with Crippen molar-refractivity contribution in [3.63, 3.8) is 0 Å². The van der Waals surface area contributed by atoms with Crippen molar-refractivity contribution < 1.29 is 0 Å². The molecule has 0 aliphatic heterocycles. The summed E-state index contributed by atoms with van der Waals surface area (Å²) in [6.07, 6.45) is 0. The van der Waals surface area contributed by atoms with Gasteiger partial charge < -0.3 is 4.90 Å². The van der Waals surface area contributed by atoms with E-state index in [4.69, 9.17) is 0 Å². The van der Waals surface area contributed by atoms with Crippen LogP contribution in [0.1, 0.15) is 25.0 Å². The number of benzene rings is 10. The Kier molecular flexibility index (Phi) is 8.77. The first kappa shape index (κ1) is 37.3. The largest absolute Gasteiger partial charge is 0.309 e. The molecule has 2 heteroatoms. The molecule has 1 nitrogen and oxygen atoms in total. The highest BCUT2D eigenvalue weighted by Gasteiger charge is 2.38. The van der Waals surface area contributed by atoms with E-state index in [2.05, 4.69) is 243 Å². The van der Waals surface area contributed by atoms with E-state index in [-0.39, 0.29) is 5.41 Å². The molecule has 0 spiro atoms. The van der Waals surface area contributed by atoms with Gasteiger partial charge in [-0.1, -0.05) is 202 Å². The Morgan fingerprint density at radius 1 is 0.349 bits per heavy atom. The van der Waals surface area contributed by atoms with Crippen LogP contribution in [0.3, 0.4) is 0 Å². The van der Waals surface area contributed by atoms with Gasteiger partial charge in [0.1, 0.15) is 0 Å². The van der Waals surface area contributed by atoms with Crippen molar-refractivity contribution >= 4 is 59.3 Å². The fourth-order valence-electron chi connectivity index (χ4n) is 10.2. The van der Waals surface area contributed by atoms with Crippen LogP contribution in [0.5, 0.6) is 0 Å². The molecule has 0 radical (unpaired) electrons. The smallest absolute Gasteiger partial charge is 0.0640 e. The third-order valence-electron chi connectivity index (χ3n) is 13.3. The van der Waals surface area contributed by atoms with E-state index in [1.54, 1.807) is 0 Å². The molecular weight excluding hydrogens is 779 g/mol. The number of rotatable bonds is 7. The first-order chi connectivity index (χ1) is 31.0.